The summed E-state index contributed by atoms with van der Waals surface area (Å²) in [6.45, 7) is 12.0. The molecule has 2 rings (SSSR count). The van der Waals surface area contributed by atoms with E-state index >= 15 is 0 Å². The number of ether oxygens (including phenoxy) is 3. The third-order valence-electron chi connectivity index (χ3n) is 4.01. The lowest BCUT2D eigenvalue weighted by Crippen LogP contribution is -2.40. The van der Waals surface area contributed by atoms with Gasteiger partial charge in [-0.2, -0.15) is 0 Å². The zero-order valence-electron chi connectivity index (χ0n) is 19.4. The first-order chi connectivity index (χ1) is 15.0. The Balaban J connectivity index is 2.36. The molecule has 0 aliphatic carbocycles. The van der Waals surface area contributed by atoms with Crippen molar-refractivity contribution >= 4 is 21.6 Å². The molecule has 0 saturated heterocycles. The Bertz CT molecular complexity index is 1020. The number of carbonyl (C=O) groups is 1. The van der Waals surface area contributed by atoms with Gasteiger partial charge >= 0.3 is 0 Å². The van der Waals surface area contributed by atoms with Gasteiger partial charge in [-0.25, -0.2) is 13.1 Å². The predicted octanol–water partition coefficient (Wildman–Crippen LogP) is 4.21. The zero-order valence-corrected chi connectivity index (χ0v) is 20.3. The molecule has 0 radical (unpaired) electrons. The molecule has 0 aliphatic heterocycles. The highest BCUT2D eigenvalue weighted by Gasteiger charge is 2.23. The summed E-state index contributed by atoms with van der Waals surface area (Å²) in [6.07, 6.45) is 0. The minimum Gasteiger partial charge on any atom is -0.490 e. The molecule has 0 atom stereocenters. The highest BCUT2D eigenvalue weighted by atomic mass is 32.2. The maximum absolute atomic E-state index is 13.0. The number of hydrogen-bond acceptors (Lipinski definition) is 6. The molecule has 0 heterocycles. The number of amides is 1. The van der Waals surface area contributed by atoms with Crippen molar-refractivity contribution < 1.29 is 27.4 Å². The van der Waals surface area contributed by atoms with E-state index in [0.29, 0.717) is 48.3 Å². The summed E-state index contributed by atoms with van der Waals surface area (Å²) in [5.41, 5.74) is 0.00387. The number of benzene rings is 2. The van der Waals surface area contributed by atoms with Gasteiger partial charge in [0.25, 0.3) is 5.91 Å². The number of carbonyl (C=O) groups excluding carboxylic acids is 1. The van der Waals surface area contributed by atoms with Gasteiger partial charge < -0.3 is 19.5 Å². The van der Waals surface area contributed by atoms with E-state index in [2.05, 4.69) is 10.0 Å². The first kappa shape index (κ1) is 25.5. The molecule has 0 aromatic heterocycles. The molecule has 2 aromatic rings. The number of rotatable bonds is 10. The van der Waals surface area contributed by atoms with E-state index in [1.807, 2.05) is 20.8 Å². The van der Waals surface area contributed by atoms with Crippen molar-refractivity contribution in [2.24, 2.45) is 0 Å². The normalized spacial score (nSPS) is 11.7. The third kappa shape index (κ3) is 6.86. The topological polar surface area (TPSA) is 103 Å². The summed E-state index contributed by atoms with van der Waals surface area (Å²) in [7, 11) is -3.74. The maximum Gasteiger partial charge on any atom is 0.255 e. The Morgan fingerprint density at radius 2 is 1.47 bits per heavy atom. The molecule has 32 heavy (non-hydrogen) atoms. The molecule has 2 N–H and O–H groups in total. The minimum absolute atomic E-state index is 0.0573. The second kappa shape index (κ2) is 10.7. The average molecular weight is 465 g/mol. The second-order valence-electron chi connectivity index (χ2n) is 7.94. The summed E-state index contributed by atoms with van der Waals surface area (Å²) in [6, 6.07) is 9.23. The molecule has 0 aliphatic rings. The summed E-state index contributed by atoms with van der Waals surface area (Å²) in [4.78, 5) is 13.0. The van der Waals surface area contributed by atoms with Gasteiger partial charge in [0.1, 0.15) is 0 Å². The van der Waals surface area contributed by atoms with Gasteiger partial charge in [0.2, 0.25) is 15.8 Å². The van der Waals surface area contributed by atoms with Crippen molar-refractivity contribution in [3.05, 3.63) is 42.0 Å². The standard InChI is InChI=1S/C23H32N2O6S/c1-7-29-19-13-16(14-20(30-8-2)21(19)31-9-3)22(26)24-17-11-10-12-18(15-17)32(27,28)25-23(4,5)6/h10-15,25H,7-9H2,1-6H3,(H,24,26). The molecule has 0 bridgehead atoms. The highest BCUT2D eigenvalue weighted by molar-refractivity contribution is 7.89. The molecular formula is C23H32N2O6S. The van der Waals surface area contributed by atoms with Crippen LogP contribution in [0.25, 0.3) is 0 Å². The zero-order chi connectivity index (χ0) is 23.9. The van der Waals surface area contributed by atoms with Crippen LogP contribution in [-0.4, -0.2) is 39.7 Å². The van der Waals surface area contributed by atoms with Gasteiger partial charge in [-0.05, 0) is 71.9 Å². The predicted molar refractivity (Wildman–Crippen MR) is 124 cm³/mol. The van der Waals surface area contributed by atoms with Crippen LogP contribution >= 0.6 is 0 Å². The van der Waals surface area contributed by atoms with E-state index in [4.69, 9.17) is 14.2 Å². The van der Waals surface area contributed by atoms with Crippen LogP contribution in [0.4, 0.5) is 5.69 Å². The molecule has 176 valence electrons. The number of nitrogens with one attached hydrogen (secondary N) is 2. The van der Waals surface area contributed by atoms with Gasteiger partial charge in [0.05, 0.1) is 24.7 Å². The smallest absolute Gasteiger partial charge is 0.255 e. The van der Waals surface area contributed by atoms with E-state index in [1.54, 1.807) is 45.0 Å². The number of hydrogen-bond donors (Lipinski definition) is 2. The van der Waals surface area contributed by atoms with Crippen molar-refractivity contribution in [3.8, 4) is 17.2 Å². The Morgan fingerprint density at radius 3 is 1.97 bits per heavy atom. The molecule has 0 spiro atoms. The maximum atomic E-state index is 13.0. The molecule has 2 aromatic carbocycles. The Morgan fingerprint density at radius 1 is 0.906 bits per heavy atom. The van der Waals surface area contributed by atoms with E-state index in [1.165, 1.54) is 12.1 Å². The second-order valence-corrected chi connectivity index (χ2v) is 9.62. The van der Waals surface area contributed by atoms with Gasteiger partial charge in [0, 0.05) is 16.8 Å². The molecule has 1 amide bonds. The fourth-order valence-corrected chi connectivity index (χ4v) is 4.39. The molecule has 9 heteroatoms. The van der Waals surface area contributed by atoms with Crippen LogP contribution in [-0.2, 0) is 10.0 Å². The summed E-state index contributed by atoms with van der Waals surface area (Å²) in [5.74, 6) is 0.801. The Hall–Kier alpha value is -2.78. The van der Waals surface area contributed by atoms with Crippen LogP contribution < -0.4 is 24.2 Å². The quantitative estimate of drug-likeness (QED) is 0.546. The van der Waals surface area contributed by atoms with Crippen molar-refractivity contribution in [2.75, 3.05) is 25.1 Å². The van der Waals surface area contributed by atoms with Crippen molar-refractivity contribution in [1.29, 1.82) is 0 Å². The summed E-state index contributed by atoms with van der Waals surface area (Å²) in [5, 5.41) is 2.74. The van der Waals surface area contributed by atoms with E-state index < -0.39 is 21.5 Å². The third-order valence-corrected chi connectivity index (χ3v) is 5.77. The fourth-order valence-electron chi connectivity index (χ4n) is 2.93. The molecule has 8 nitrogen and oxygen atoms in total. The number of sulfonamides is 1. The van der Waals surface area contributed by atoms with E-state index in [9.17, 15) is 13.2 Å². The Labute approximate surface area is 190 Å². The van der Waals surface area contributed by atoms with Crippen molar-refractivity contribution in [2.45, 2.75) is 52.0 Å². The average Bonchev–Trinajstić information content (AvgIpc) is 2.69. The van der Waals surface area contributed by atoms with Crippen LogP contribution in [0, 0.1) is 0 Å². The van der Waals surface area contributed by atoms with Crippen molar-refractivity contribution in [3.63, 3.8) is 0 Å². The fraction of sp³-hybridized carbons (Fsp3) is 0.435. The van der Waals surface area contributed by atoms with Crippen LogP contribution in [0.3, 0.4) is 0 Å². The van der Waals surface area contributed by atoms with E-state index in [0.717, 1.165) is 0 Å². The van der Waals surface area contributed by atoms with Crippen molar-refractivity contribution in [1.82, 2.24) is 4.72 Å². The lowest BCUT2D eigenvalue weighted by molar-refractivity contribution is 0.102. The van der Waals surface area contributed by atoms with Gasteiger partial charge in [0.15, 0.2) is 11.5 Å². The van der Waals surface area contributed by atoms with Crippen LogP contribution in [0.1, 0.15) is 51.9 Å². The van der Waals surface area contributed by atoms with Crippen LogP contribution in [0.15, 0.2) is 41.3 Å². The lowest BCUT2D eigenvalue weighted by Gasteiger charge is -2.20. The summed E-state index contributed by atoms with van der Waals surface area (Å²) < 4.78 is 44.8. The SMILES string of the molecule is CCOc1cc(C(=O)Nc2cccc(S(=O)(=O)NC(C)(C)C)c2)cc(OCC)c1OCC. The van der Waals surface area contributed by atoms with Gasteiger partial charge in [-0.3, -0.25) is 4.79 Å². The first-order valence-corrected chi connectivity index (χ1v) is 12.0. The van der Waals surface area contributed by atoms with Gasteiger partial charge in [-0.15, -0.1) is 0 Å². The molecule has 0 saturated carbocycles. The molecular weight excluding hydrogens is 432 g/mol. The molecule has 0 fully saturated rings. The van der Waals surface area contributed by atoms with Crippen LogP contribution in [0.5, 0.6) is 17.2 Å². The lowest BCUT2D eigenvalue weighted by atomic mass is 10.1. The minimum atomic E-state index is -3.74. The highest BCUT2D eigenvalue weighted by Crippen LogP contribution is 2.39. The monoisotopic (exact) mass is 464 g/mol. The summed E-state index contributed by atoms with van der Waals surface area (Å²) >= 11 is 0. The van der Waals surface area contributed by atoms with Crippen LogP contribution in [0.2, 0.25) is 0 Å². The number of anilines is 1. The first-order valence-electron chi connectivity index (χ1n) is 10.5. The van der Waals surface area contributed by atoms with Gasteiger partial charge in [-0.1, -0.05) is 6.07 Å². The largest absolute Gasteiger partial charge is 0.490 e. The Kier molecular flexibility index (Phi) is 8.51. The molecule has 0 unspecified atom stereocenters. The van der Waals surface area contributed by atoms with E-state index in [-0.39, 0.29) is 4.90 Å².